The molecule has 62 heavy (non-hydrogen) atoms. The van der Waals surface area contributed by atoms with Gasteiger partial charge < -0.3 is 15.3 Å². The van der Waals surface area contributed by atoms with Gasteiger partial charge in [-0.3, -0.25) is 9.59 Å². The minimum absolute atomic E-state index is 0.0651. The normalized spacial score (nSPS) is 11.9. The zero-order valence-electron chi connectivity index (χ0n) is 41.4. The molecule has 0 aromatic heterocycles. The monoisotopic (exact) mass is 873 g/mol. The van der Waals surface area contributed by atoms with E-state index in [4.69, 9.17) is 10.2 Å². The molecule has 366 valence electrons. The van der Waals surface area contributed by atoms with Crippen molar-refractivity contribution in [3.8, 4) is 0 Å². The van der Waals surface area contributed by atoms with E-state index in [1.807, 2.05) is 0 Å². The van der Waals surface area contributed by atoms with Gasteiger partial charge in [0.15, 0.2) is 0 Å². The van der Waals surface area contributed by atoms with E-state index in [0.29, 0.717) is 12.8 Å². The topological polar surface area (TPSA) is 94.8 Å². The Kier molecular flexibility index (Phi) is 52.3. The Labute approximate surface area is 387 Å². The first kappa shape index (κ1) is 60.4. The fraction of sp³-hybridized carbons (Fsp3) is 0.895. The summed E-state index contributed by atoms with van der Waals surface area (Å²) in [4.78, 5) is 21.0. The molecule has 0 amide bonds. The van der Waals surface area contributed by atoms with E-state index < -0.39 is 11.9 Å². The Bertz CT molecular complexity index is 869. The maximum atomic E-state index is 10.5. The summed E-state index contributed by atoms with van der Waals surface area (Å²) in [7, 11) is 0. The van der Waals surface area contributed by atoms with Crippen molar-refractivity contribution in [2.45, 2.75) is 327 Å². The van der Waals surface area contributed by atoms with Gasteiger partial charge >= 0.3 is 11.9 Å². The molecule has 5 nitrogen and oxygen atoms in total. The van der Waals surface area contributed by atoms with Crippen molar-refractivity contribution in [1.82, 2.24) is 0 Å². The molecule has 0 aromatic carbocycles. The quantitative estimate of drug-likeness (QED) is 0.0418. The Balaban J connectivity index is 3.19. The van der Waals surface area contributed by atoms with Crippen LogP contribution in [0, 0.1) is 0 Å². The first-order chi connectivity index (χ1) is 30.5. The number of carboxylic acid groups (broad SMARTS) is 2. The molecule has 3 N–H and O–H groups in total. The number of carboxylic acids is 2. The third-order valence-corrected chi connectivity index (χ3v) is 13.2. The van der Waals surface area contributed by atoms with Crippen LogP contribution in [0.25, 0.3) is 0 Å². The zero-order chi connectivity index (χ0) is 44.9. The number of aliphatic hydroxyl groups is 1. The van der Waals surface area contributed by atoms with Gasteiger partial charge in [-0.15, -0.1) is 0 Å². The molecule has 0 atom stereocenters. The van der Waals surface area contributed by atoms with Crippen molar-refractivity contribution in [3.05, 3.63) is 24.3 Å². The van der Waals surface area contributed by atoms with Crippen LogP contribution in [0.4, 0.5) is 0 Å². The van der Waals surface area contributed by atoms with Crippen molar-refractivity contribution < 1.29 is 24.9 Å². The van der Waals surface area contributed by atoms with Crippen molar-refractivity contribution in [2.75, 3.05) is 0 Å². The van der Waals surface area contributed by atoms with Gasteiger partial charge in [0.25, 0.3) is 0 Å². The van der Waals surface area contributed by atoms with Gasteiger partial charge in [0, 0.05) is 12.8 Å². The second kappa shape index (κ2) is 53.7. The van der Waals surface area contributed by atoms with Gasteiger partial charge in [0.2, 0.25) is 0 Å². The lowest BCUT2D eigenvalue weighted by Gasteiger charge is -2.10. The molecule has 0 saturated heterocycles. The second-order valence-electron chi connectivity index (χ2n) is 19.5. The first-order valence-electron chi connectivity index (χ1n) is 27.9. The molecule has 0 heterocycles. The minimum atomic E-state index is -0.665. The van der Waals surface area contributed by atoms with E-state index in [1.54, 1.807) is 0 Å². The number of allylic oxidation sites excluding steroid dienone is 4. The number of hydrogen-bond donors (Lipinski definition) is 3. The molecule has 0 spiro atoms. The van der Waals surface area contributed by atoms with Crippen LogP contribution in [-0.2, 0) is 9.59 Å². The van der Waals surface area contributed by atoms with E-state index in [-0.39, 0.29) is 6.10 Å². The molecule has 0 fully saturated rings. The maximum Gasteiger partial charge on any atom is 0.303 e. The van der Waals surface area contributed by atoms with Crippen LogP contribution in [0.3, 0.4) is 0 Å². The number of carbonyl (C=O) groups is 2. The Morgan fingerprint density at radius 3 is 0.613 bits per heavy atom. The number of unbranched alkanes of at least 4 members (excludes halogenated alkanes) is 42. The van der Waals surface area contributed by atoms with Crippen molar-refractivity contribution in [1.29, 1.82) is 0 Å². The van der Waals surface area contributed by atoms with E-state index in [2.05, 4.69) is 24.3 Å². The second-order valence-corrected chi connectivity index (χ2v) is 19.5. The van der Waals surface area contributed by atoms with Crippen LogP contribution in [0.2, 0.25) is 0 Å². The summed E-state index contributed by atoms with van der Waals surface area (Å²) in [5.74, 6) is -1.33. The van der Waals surface area contributed by atoms with E-state index in [9.17, 15) is 14.7 Å². The lowest BCUT2D eigenvalue weighted by atomic mass is 10.0. The summed E-state index contributed by atoms with van der Waals surface area (Å²) in [5, 5.41) is 27.7. The molecule has 0 radical (unpaired) electrons. The van der Waals surface area contributed by atoms with E-state index in [1.165, 1.54) is 270 Å². The van der Waals surface area contributed by atoms with Crippen LogP contribution in [0.5, 0.6) is 0 Å². The number of aliphatic carboxylic acids is 2. The predicted molar refractivity (Wildman–Crippen MR) is 270 cm³/mol. The molecule has 0 aliphatic carbocycles. The molecule has 5 heteroatoms. The van der Waals surface area contributed by atoms with Gasteiger partial charge in [0.05, 0.1) is 6.10 Å². The molecule has 0 aliphatic heterocycles. The van der Waals surface area contributed by atoms with Crippen LogP contribution < -0.4 is 0 Å². The fourth-order valence-electron chi connectivity index (χ4n) is 8.99. The lowest BCUT2D eigenvalue weighted by molar-refractivity contribution is -0.138. The first-order valence-corrected chi connectivity index (χ1v) is 27.9. The highest BCUT2D eigenvalue weighted by molar-refractivity contribution is 5.66. The summed E-state index contributed by atoms with van der Waals surface area (Å²) in [6.45, 7) is 0. The number of rotatable bonds is 54. The molecule has 0 bridgehead atoms. The molecule has 0 aliphatic rings. The lowest BCUT2D eigenvalue weighted by Crippen LogP contribution is -2.05. The van der Waals surface area contributed by atoms with Gasteiger partial charge in [-0.1, -0.05) is 255 Å². The van der Waals surface area contributed by atoms with Gasteiger partial charge in [-0.2, -0.15) is 0 Å². The molecule has 0 saturated carbocycles. The molecular formula is C57H108O5. The molecule has 0 rings (SSSR count). The SMILES string of the molecule is O=C(O)CCCCCCC/C=C\CCCCCCCCCCCCCCCCCCC(O)CCCCCCCCCCCCCCCCCC/C=C\CCCCCCCC(=O)O. The number of aliphatic hydroxyl groups excluding tert-OH is 1. The summed E-state index contributed by atoms with van der Waals surface area (Å²) in [6.07, 6.45) is 72.2. The van der Waals surface area contributed by atoms with Crippen LogP contribution in [0.15, 0.2) is 24.3 Å². The largest absolute Gasteiger partial charge is 0.481 e. The van der Waals surface area contributed by atoms with Crippen molar-refractivity contribution >= 4 is 11.9 Å². The third kappa shape index (κ3) is 56.4. The van der Waals surface area contributed by atoms with Crippen LogP contribution >= 0.6 is 0 Å². The highest BCUT2D eigenvalue weighted by Gasteiger charge is 2.04. The minimum Gasteiger partial charge on any atom is -0.481 e. The predicted octanol–water partition coefficient (Wildman–Crippen LogP) is 19.1. The summed E-state index contributed by atoms with van der Waals surface area (Å²) in [5.41, 5.74) is 0. The Morgan fingerprint density at radius 1 is 0.258 bits per heavy atom. The average molecular weight is 873 g/mol. The molecule has 0 aromatic rings. The zero-order valence-corrected chi connectivity index (χ0v) is 41.4. The van der Waals surface area contributed by atoms with Gasteiger partial charge in [0.1, 0.15) is 0 Å². The molecule has 0 unspecified atom stereocenters. The van der Waals surface area contributed by atoms with E-state index >= 15 is 0 Å². The van der Waals surface area contributed by atoms with Crippen molar-refractivity contribution in [2.24, 2.45) is 0 Å². The standard InChI is InChI=1S/C57H108O5/c58-55(51-47-43-39-35-31-27-23-19-15-11-7-3-1-5-9-13-17-21-25-29-33-37-41-45-49-53-56(59)60)52-48-44-40-36-32-28-24-20-16-12-8-4-2-6-10-14-18-22-26-30-34-38-42-46-50-54-57(61)62/h21-22,25-26,55,58H,1-20,23-24,27-54H2,(H,59,60)(H,61,62)/b25-21-,26-22-. The molecular weight excluding hydrogens is 765 g/mol. The third-order valence-electron chi connectivity index (χ3n) is 13.2. The van der Waals surface area contributed by atoms with Crippen LogP contribution in [0.1, 0.15) is 321 Å². The maximum absolute atomic E-state index is 10.5. The van der Waals surface area contributed by atoms with Gasteiger partial charge in [-0.25, -0.2) is 0 Å². The highest BCUT2D eigenvalue weighted by Crippen LogP contribution is 2.18. The Morgan fingerprint density at radius 2 is 0.419 bits per heavy atom. The highest BCUT2D eigenvalue weighted by atomic mass is 16.4. The average Bonchev–Trinajstić information content (AvgIpc) is 3.25. The summed E-state index contributed by atoms with van der Waals surface area (Å²) in [6, 6.07) is 0. The smallest absolute Gasteiger partial charge is 0.303 e. The fourth-order valence-corrected chi connectivity index (χ4v) is 8.99. The van der Waals surface area contributed by atoms with E-state index in [0.717, 1.165) is 38.5 Å². The number of hydrogen-bond acceptors (Lipinski definition) is 3. The Hall–Kier alpha value is -1.62. The van der Waals surface area contributed by atoms with Crippen molar-refractivity contribution in [3.63, 3.8) is 0 Å². The van der Waals surface area contributed by atoms with Crippen LogP contribution in [-0.4, -0.2) is 33.4 Å². The summed E-state index contributed by atoms with van der Waals surface area (Å²) >= 11 is 0. The van der Waals surface area contributed by atoms with Gasteiger partial charge in [-0.05, 0) is 77.0 Å². The summed E-state index contributed by atoms with van der Waals surface area (Å²) < 4.78 is 0.